The van der Waals surface area contributed by atoms with Gasteiger partial charge in [-0.25, -0.2) is 24.5 Å². The van der Waals surface area contributed by atoms with Gasteiger partial charge >= 0.3 is 12.2 Å². The van der Waals surface area contributed by atoms with Crippen molar-refractivity contribution < 1.29 is 24.9 Å². The van der Waals surface area contributed by atoms with Crippen LogP contribution in [0.4, 0.5) is 9.59 Å². The smallest absolute Gasteiger partial charge is 0.417 e. The minimum atomic E-state index is -1.54. The zero-order chi connectivity index (χ0) is 28.8. The van der Waals surface area contributed by atoms with E-state index in [1.807, 2.05) is 71.9 Å². The first kappa shape index (κ1) is 27.6. The molecule has 39 heavy (non-hydrogen) atoms. The third kappa shape index (κ3) is 4.56. The van der Waals surface area contributed by atoms with E-state index in [-0.39, 0.29) is 5.75 Å². The van der Waals surface area contributed by atoms with Crippen molar-refractivity contribution >= 4 is 23.2 Å². The first-order valence-electron chi connectivity index (χ1n) is 12.6. The summed E-state index contributed by atoms with van der Waals surface area (Å²) in [6, 6.07) is 21.8. The lowest BCUT2D eigenvalue weighted by Crippen LogP contribution is -2.64. The summed E-state index contributed by atoms with van der Waals surface area (Å²) in [5.41, 5.74) is 1.07. The summed E-state index contributed by atoms with van der Waals surface area (Å²) in [5, 5.41) is 30.7. The minimum Gasteiger partial charge on any atom is -0.506 e. The van der Waals surface area contributed by atoms with Crippen LogP contribution in [0, 0.1) is 10.8 Å². The summed E-state index contributed by atoms with van der Waals surface area (Å²) >= 11 is 0. The van der Waals surface area contributed by atoms with Gasteiger partial charge in [-0.05, 0) is 28.5 Å². The lowest BCUT2D eigenvalue weighted by atomic mass is 9.56. The van der Waals surface area contributed by atoms with E-state index >= 15 is 0 Å². The molecule has 4 rings (SSSR count). The van der Waals surface area contributed by atoms with E-state index < -0.39 is 28.6 Å². The van der Waals surface area contributed by atoms with Gasteiger partial charge in [-0.1, -0.05) is 102 Å². The third-order valence-corrected chi connectivity index (χ3v) is 7.19. The first-order chi connectivity index (χ1) is 18.2. The lowest BCUT2D eigenvalue weighted by Gasteiger charge is -2.56. The van der Waals surface area contributed by atoms with E-state index in [9.17, 15) is 24.9 Å². The van der Waals surface area contributed by atoms with Crippen LogP contribution in [0.1, 0.15) is 47.1 Å². The highest BCUT2D eigenvalue weighted by Gasteiger charge is 2.60. The number of phenolic OH excluding ortho intramolecular Hbond substituents is 1. The maximum atomic E-state index is 12.4. The van der Waals surface area contributed by atoms with E-state index in [0.29, 0.717) is 38.4 Å². The molecule has 0 aliphatic heterocycles. The van der Waals surface area contributed by atoms with Crippen LogP contribution in [0.3, 0.4) is 0 Å². The zero-order valence-electron chi connectivity index (χ0n) is 22.9. The van der Waals surface area contributed by atoms with Crippen LogP contribution < -0.4 is 0 Å². The number of phenols is 1. The van der Waals surface area contributed by atoms with Crippen molar-refractivity contribution in [3.8, 4) is 28.3 Å². The quantitative estimate of drug-likeness (QED) is 0.249. The minimum absolute atomic E-state index is 0.00974. The molecule has 0 unspecified atom stereocenters. The number of para-hydroxylation sites is 1. The molecule has 3 aromatic carbocycles. The Morgan fingerprint density at radius 1 is 0.667 bits per heavy atom. The largest absolute Gasteiger partial charge is 0.506 e. The average Bonchev–Trinajstić information content (AvgIpc) is 2.85. The molecule has 0 radical (unpaired) electrons. The Kier molecular flexibility index (Phi) is 6.85. The fourth-order valence-electron chi connectivity index (χ4n) is 6.09. The predicted octanol–water partition coefficient (Wildman–Crippen LogP) is 7.61. The number of imide groups is 1. The second kappa shape index (κ2) is 9.69. The molecule has 0 spiro atoms. The number of nitrogens with zero attached hydrogens (tertiary/aromatic N) is 3. The molecule has 0 atom stereocenters. The van der Waals surface area contributed by atoms with Crippen molar-refractivity contribution in [2.45, 2.75) is 47.1 Å². The average molecular weight is 528 g/mol. The van der Waals surface area contributed by atoms with Crippen molar-refractivity contribution in [3.63, 3.8) is 0 Å². The molecule has 202 valence electrons. The molecule has 8 nitrogen and oxygen atoms in total. The topological polar surface area (TPSA) is 124 Å². The summed E-state index contributed by atoms with van der Waals surface area (Å²) in [6.45, 7) is 11.1. The molecule has 1 heterocycles. The third-order valence-electron chi connectivity index (χ3n) is 7.19. The van der Waals surface area contributed by atoms with Gasteiger partial charge in [0.25, 0.3) is 0 Å². The fraction of sp³-hybridized carbons (Fsp3) is 0.290. The summed E-state index contributed by atoms with van der Waals surface area (Å²) < 4.78 is 0. The summed E-state index contributed by atoms with van der Waals surface area (Å²) in [5.74, 6) is 0.00974. The van der Waals surface area contributed by atoms with Gasteiger partial charge in [0.1, 0.15) is 11.3 Å². The maximum absolute atomic E-state index is 12.4. The fourth-order valence-corrected chi connectivity index (χ4v) is 6.09. The van der Waals surface area contributed by atoms with Gasteiger partial charge in [0.05, 0.1) is 22.4 Å². The molecule has 0 aliphatic rings. The second-order valence-electron chi connectivity index (χ2n) is 11.6. The van der Waals surface area contributed by atoms with Crippen LogP contribution in [0.25, 0.3) is 33.5 Å². The van der Waals surface area contributed by atoms with Crippen LogP contribution in [0.15, 0.2) is 72.8 Å². The van der Waals surface area contributed by atoms with Crippen LogP contribution >= 0.6 is 0 Å². The van der Waals surface area contributed by atoms with E-state index in [4.69, 9.17) is 9.97 Å². The van der Waals surface area contributed by atoms with Gasteiger partial charge in [-0.2, -0.15) is 0 Å². The van der Waals surface area contributed by atoms with Gasteiger partial charge in [-0.3, -0.25) is 0 Å². The Balaban J connectivity index is 2.00. The maximum Gasteiger partial charge on any atom is 0.417 e. The number of benzene rings is 3. The van der Waals surface area contributed by atoms with Crippen molar-refractivity contribution in [2.24, 2.45) is 10.8 Å². The second-order valence-corrected chi connectivity index (χ2v) is 11.6. The van der Waals surface area contributed by atoms with Gasteiger partial charge in [0.2, 0.25) is 0 Å². The standard InChI is InChI=1S/C31H33N3O5/c1-29(2,3)31(30(4,5)6,34(27(36)37)28(38)39)21-17-15-20(16-18-21)25-24(19-11-8-7-9-12-19)32-22-13-10-14-23(35)26(22)33-25/h7-18,35H,1-6H3,(H,36,37)(H,38,39). The van der Waals surface area contributed by atoms with Crippen molar-refractivity contribution in [3.05, 3.63) is 78.4 Å². The number of aromatic nitrogens is 2. The predicted molar refractivity (Wildman–Crippen MR) is 151 cm³/mol. The van der Waals surface area contributed by atoms with Gasteiger partial charge in [-0.15, -0.1) is 0 Å². The molecule has 0 saturated carbocycles. The molecule has 4 aromatic rings. The lowest BCUT2D eigenvalue weighted by molar-refractivity contribution is -0.0664. The molecule has 2 amide bonds. The van der Waals surface area contributed by atoms with Crippen LogP contribution in [-0.4, -0.2) is 42.4 Å². The highest BCUT2D eigenvalue weighted by molar-refractivity contribution is 5.89. The monoisotopic (exact) mass is 527 g/mol. The Morgan fingerprint density at radius 2 is 1.18 bits per heavy atom. The Morgan fingerprint density at radius 3 is 1.69 bits per heavy atom. The molecule has 0 bridgehead atoms. The Hall–Kier alpha value is -4.46. The molecular weight excluding hydrogens is 494 g/mol. The van der Waals surface area contributed by atoms with Crippen LogP contribution in [0.5, 0.6) is 5.75 Å². The number of hydrogen-bond donors (Lipinski definition) is 3. The SMILES string of the molecule is CC(C)(C)C(c1ccc(-c2nc3c(O)cccc3nc2-c2ccccc2)cc1)(N(C(=O)O)C(=O)O)C(C)(C)C. The highest BCUT2D eigenvalue weighted by Crippen LogP contribution is 2.56. The van der Waals surface area contributed by atoms with E-state index in [2.05, 4.69) is 0 Å². The molecule has 1 aromatic heterocycles. The molecule has 8 heteroatoms. The molecule has 0 aliphatic carbocycles. The van der Waals surface area contributed by atoms with E-state index in [1.165, 1.54) is 0 Å². The number of hydrogen-bond acceptors (Lipinski definition) is 5. The number of carbonyl (C=O) groups is 2. The first-order valence-corrected chi connectivity index (χ1v) is 12.6. The summed E-state index contributed by atoms with van der Waals surface area (Å²) in [4.78, 5) is 35.0. The molecule has 0 fully saturated rings. The van der Waals surface area contributed by atoms with Crippen molar-refractivity contribution in [1.29, 1.82) is 0 Å². The van der Waals surface area contributed by atoms with Gasteiger partial charge < -0.3 is 15.3 Å². The normalized spacial score (nSPS) is 12.4. The van der Waals surface area contributed by atoms with E-state index in [0.717, 1.165) is 5.56 Å². The summed E-state index contributed by atoms with van der Waals surface area (Å²) in [6.07, 6.45) is -3.09. The van der Waals surface area contributed by atoms with Crippen LogP contribution in [0.2, 0.25) is 0 Å². The number of amides is 2. The number of aromatic hydroxyl groups is 1. The number of fused-ring (bicyclic) bond motifs is 1. The number of rotatable bonds is 4. The van der Waals surface area contributed by atoms with E-state index in [1.54, 1.807) is 42.5 Å². The van der Waals surface area contributed by atoms with Crippen molar-refractivity contribution in [2.75, 3.05) is 0 Å². The van der Waals surface area contributed by atoms with Gasteiger partial charge in [0.15, 0.2) is 0 Å². The zero-order valence-corrected chi connectivity index (χ0v) is 22.9. The summed E-state index contributed by atoms with van der Waals surface area (Å²) in [7, 11) is 0. The van der Waals surface area contributed by atoms with Crippen molar-refractivity contribution in [1.82, 2.24) is 14.9 Å². The highest BCUT2D eigenvalue weighted by atomic mass is 16.4. The van der Waals surface area contributed by atoms with Gasteiger partial charge in [0, 0.05) is 11.1 Å². The van der Waals surface area contributed by atoms with Crippen LogP contribution in [-0.2, 0) is 5.54 Å². The molecule has 3 N–H and O–H groups in total. The number of carboxylic acid groups (broad SMARTS) is 2. The molecular formula is C31H33N3O5. The molecule has 0 saturated heterocycles. The Bertz CT molecular complexity index is 1510. The Labute approximate surface area is 227 Å².